The van der Waals surface area contributed by atoms with Gasteiger partial charge >= 0.3 is 0 Å². The predicted octanol–water partition coefficient (Wildman–Crippen LogP) is 3.12. The van der Waals surface area contributed by atoms with E-state index in [4.69, 9.17) is 15.2 Å². The number of ether oxygens (including phenoxy) is 2. The van der Waals surface area contributed by atoms with Crippen LogP contribution in [-0.4, -0.2) is 30.5 Å². The summed E-state index contributed by atoms with van der Waals surface area (Å²) in [4.78, 5) is 0. The number of nitrogens with two attached hydrogens (primary N) is 1. The summed E-state index contributed by atoms with van der Waals surface area (Å²) in [6, 6.07) is 0.0243. The van der Waals surface area contributed by atoms with Crippen molar-refractivity contribution in [2.24, 2.45) is 16.6 Å². The molecular formula is C18H24BrNO3. The van der Waals surface area contributed by atoms with E-state index >= 15 is 0 Å². The molecule has 0 amide bonds. The molecule has 0 radical (unpaired) electrons. The molecule has 3 N–H and O–H groups in total. The fraction of sp³-hybridized carbons (Fsp3) is 0.667. The van der Waals surface area contributed by atoms with E-state index in [-0.39, 0.29) is 23.0 Å². The van der Waals surface area contributed by atoms with Crippen molar-refractivity contribution in [1.82, 2.24) is 0 Å². The molecule has 1 saturated heterocycles. The van der Waals surface area contributed by atoms with Crippen molar-refractivity contribution in [1.29, 1.82) is 0 Å². The third-order valence-corrected chi connectivity index (χ3v) is 6.82. The molecule has 2 fully saturated rings. The van der Waals surface area contributed by atoms with Gasteiger partial charge in [-0.3, -0.25) is 0 Å². The Bertz CT molecular complexity index is 613. The number of aliphatic hydroxyl groups excluding tert-OH is 1. The minimum absolute atomic E-state index is 0.0243. The molecule has 1 aliphatic heterocycles. The molecule has 4 nitrogen and oxygen atoms in total. The van der Waals surface area contributed by atoms with Crippen molar-refractivity contribution in [2.75, 3.05) is 7.11 Å². The van der Waals surface area contributed by atoms with Gasteiger partial charge in [-0.1, -0.05) is 40.9 Å². The number of hydrogen-bond donors (Lipinski definition) is 2. The zero-order valence-corrected chi connectivity index (χ0v) is 15.0. The Morgan fingerprint density at radius 2 is 2.26 bits per heavy atom. The van der Waals surface area contributed by atoms with Gasteiger partial charge in [0.15, 0.2) is 5.76 Å². The number of allylic oxidation sites excluding steroid dienone is 2. The summed E-state index contributed by atoms with van der Waals surface area (Å²) in [5.41, 5.74) is 6.35. The van der Waals surface area contributed by atoms with Crippen LogP contribution in [0.25, 0.3) is 0 Å². The van der Waals surface area contributed by atoms with Crippen molar-refractivity contribution in [3.63, 3.8) is 0 Å². The lowest BCUT2D eigenvalue weighted by atomic mass is 9.53. The maximum atomic E-state index is 10.1. The first-order valence-electron chi connectivity index (χ1n) is 8.48. The Hall–Kier alpha value is -0.780. The smallest absolute Gasteiger partial charge is 0.157 e. The highest BCUT2D eigenvalue weighted by Crippen LogP contribution is 2.68. The molecule has 0 aromatic heterocycles. The van der Waals surface area contributed by atoms with E-state index in [1.165, 1.54) is 0 Å². The van der Waals surface area contributed by atoms with E-state index in [1.807, 2.05) is 12.2 Å². The largest absolute Gasteiger partial charge is 0.493 e. The summed E-state index contributed by atoms with van der Waals surface area (Å²) < 4.78 is 13.2. The molecule has 1 heterocycles. The number of halogens is 1. The summed E-state index contributed by atoms with van der Waals surface area (Å²) in [5, 5.41) is 10.1. The maximum Gasteiger partial charge on any atom is 0.157 e. The monoisotopic (exact) mass is 381 g/mol. The zero-order chi connectivity index (χ0) is 16.2. The van der Waals surface area contributed by atoms with Gasteiger partial charge in [-0.2, -0.15) is 0 Å². The first-order chi connectivity index (χ1) is 11.0. The normalized spacial score (nSPS) is 45.4. The van der Waals surface area contributed by atoms with Crippen molar-refractivity contribution < 1.29 is 14.6 Å². The Balaban J connectivity index is 1.97. The molecule has 4 aliphatic rings. The molecule has 5 heteroatoms. The third-order valence-electron chi connectivity index (χ3n) is 6.31. The lowest BCUT2D eigenvalue weighted by molar-refractivity contribution is 0.0179. The molecule has 0 aromatic rings. The minimum Gasteiger partial charge on any atom is -0.493 e. The average Bonchev–Trinajstić information content (AvgIpc) is 2.74. The van der Waals surface area contributed by atoms with Crippen LogP contribution in [0.3, 0.4) is 0 Å². The van der Waals surface area contributed by atoms with Gasteiger partial charge < -0.3 is 20.3 Å². The molecule has 1 saturated carbocycles. The molecular weight excluding hydrogens is 358 g/mol. The summed E-state index contributed by atoms with van der Waals surface area (Å²) in [6.07, 6.45) is 11.5. The zero-order valence-electron chi connectivity index (χ0n) is 13.4. The molecule has 5 atom stereocenters. The van der Waals surface area contributed by atoms with E-state index in [0.717, 1.165) is 48.1 Å². The average molecular weight is 382 g/mol. The van der Waals surface area contributed by atoms with Crippen LogP contribution in [0.15, 0.2) is 34.2 Å². The molecule has 3 aliphatic carbocycles. The van der Waals surface area contributed by atoms with Crippen LogP contribution in [-0.2, 0) is 9.47 Å². The van der Waals surface area contributed by atoms with E-state index in [0.29, 0.717) is 6.42 Å². The van der Waals surface area contributed by atoms with Gasteiger partial charge in [-0.05, 0) is 29.8 Å². The van der Waals surface area contributed by atoms with E-state index in [2.05, 4.69) is 22.0 Å². The third kappa shape index (κ3) is 1.96. The lowest BCUT2D eigenvalue weighted by Gasteiger charge is -2.49. The first-order valence-corrected chi connectivity index (χ1v) is 9.27. The Morgan fingerprint density at radius 1 is 1.43 bits per heavy atom. The van der Waals surface area contributed by atoms with Gasteiger partial charge in [-0.15, -0.1) is 0 Å². The van der Waals surface area contributed by atoms with Gasteiger partial charge in [0.1, 0.15) is 11.9 Å². The van der Waals surface area contributed by atoms with Gasteiger partial charge in [0.25, 0.3) is 0 Å². The molecule has 4 rings (SSSR count). The summed E-state index contributed by atoms with van der Waals surface area (Å²) in [6.45, 7) is 0. The predicted molar refractivity (Wildman–Crippen MR) is 91.6 cm³/mol. The van der Waals surface area contributed by atoms with Crippen LogP contribution in [0.2, 0.25) is 0 Å². The molecule has 4 unspecified atom stereocenters. The Morgan fingerprint density at radius 3 is 3.04 bits per heavy atom. The second-order valence-electron chi connectivity index (χ2n) is 7.30. The molecule has 126 valence electrons. The van der Waals surface area contributed by atoms with Crippen molar-refractivity contribution in [3.8, 4) is 0 Å². The highest BCUT2D eigenvalue weighted by atomic mass is 79.9. The van der Waals surface area contributed by atoms with E-state index in [1.54, 1.807) is 7.11 Å². The van der Waals surface area contributed by atoms with E-state index < -0.39 is 6.10 Å². The second-order valence-corrected chi connectivity index (χ2v) is 8.32. The summed E-state index contributed by atoms with van der Waals surface area (Å²) in [5.74, 6) is 1.68. The summed E-state index contributed by atoms with van der Waals surface area (Å²) >= 11 is 3.70. The molecule has 0 aromatic carbocycles. The number of aliphatic hydroxyl groups is 1. The van der Waals surface area contributed by atoms with Crippen LogP contribution >= 0.6 is 15.9 Å². The van der Waals surface area contributed by atoms with Gasteiger partial charge in [0.05, 0.1) is 18.6 Å². The van der Waals surface area contributed by atoms with Gasteiger partial charge in [0, 0.05) is 17.9 Å². The van der Waals surface area contributed by atoms with Gasteiger partial charge in [-0.25, -0.2) is 0 Å². The first kappa shape index (κ1) is 15.7. The lowest BCUT2D eigenvalue weighted by Crippen LogP contribution is -2.54. The van der Waals surface area contributed by atoms with E-state index in [9.17, 15) is 5.11 Å². The van der Waals surface area contributed by atoms with Crippen molar-refractivity contribution in [3.05, 3.63) is 34.2 Å². The van der Waals surface area contributed by atoms with Crippen molar-refractivity contribution in [2.45, 2.75) is 56.8 Å². The standard InChI is InChI=1S/C18H24BrNO3/c1-22-13-8-11(19)10-18-14(20)4-2-3-6-17(18)7-5-12(21)9-15(17)23-16(13)18/h5,7-8,12,14-15,21H,2-4,6,9-10,20H2,1H3/t12-,14?,15?,17?,18?/m0/s1. The van der Waals surface area contributed by atoms with Crippen LogP contribution < -0.4 is 5.73 Å². The van der Waals surface area contributed by atoms with Crippen LogP contribution in [0.4, 0.5) is 0 Å². The molecule has 23 heavy (non-hydrogen) atoms. The minimum atomic E-state index is -0.440. The SMILES string of the molecule is COC1=C2OC3C[C@@H](O)C=CC34CCCCC(N)C24CC(Br)=C1. The Labute approximate surface area is 145 Å². The topological polar surface area (TPSA) is 64.7 Å². The number of methoxy groups -OCH3 is 1. The molecule has 0 bridgehead atoms. The Kier molecular flexibility index (Phi) is 3.67. The highest BCUT2D eigenvalue weighted by Gasteiger charge is 2.68. The van der Waals surface area contributed by atoms with Gasteiger partial charge in [0.2, 0.25) is 0 Å². The van der Waals surface area contributed by atoms with Crippen LogP contribution in [0.5, 0.6) is 0 Å². The van der Waals surface area contributed by atoms with Crippen LogP contribution in [0.1, 0.15) is 38.5 Å². The van der Waals surface area contributed by atoms with Crippen molar-refractivity contribution >= 4 is 15.9 Å². The summed E-state index contributed by atoms with van der Waals surface area (Å²) in [7, 11) is 1.68. The second kappa shape index (κ2) is 5.36. The fourth-order valence-electron chi connectivity index (χ4n) is 5.29. The van der Waals surface area contributed by atoms with Crippen LogP contribution in [0, 0.1) is 10.8 Å². The highest BCUT2D eigenvalue weighted by molar-refractivity contribution is 9.11. The molecule has 2 spiro atoms. The quantitative estimate of drug-likeness (QED) is 0.684. The number of rotatable bonds is 1. The maximum absolute atomic E-state index is 10.1. The number of hydrogen-bond acceptors (Lipinski definition) is 4. The fourth-order valence-corrected chi connectivity index (χ4v) is 5.94.